The van der Waals surface area contributed by atoms with E-state index >= 15 is 0 Å². The number of hydrogen-bond acceptors (Lipinski definition) is 8. The number of carbonyl (C=O) groups excluding carboxylic acids is 2. The van der Waals surface area contributed by atoms with Gasteiger partial charge in [-0.1, -0.05) is 140 Å². The average Bonchev–Trinajstić information content (AvgIpc) is 3.13. The minimum absolute atomic E-state index is 0.0484. The number of esters is 2. The summed E-state index contributed by atoms with van der Waals surface area (Å²) in [6.07, 6.45) is 42.7. The van der Waals surface area contributed by atoms with E-state index in [9.17, 15) is 19.0 Å². The van der Waals surface area contributed by atoms with Gasteiger partial charge in [0, 0.05) is 19.4 Å². The van der Waals surface area contributed by atoms with E-state index in [-0.39, 0.29) is 32.6 Å². The molecular formula is C42H76NO8P. The zero-order valence-electron chi connectivity index (χ0n) is 33.0. The summed E-state index contributed by atoms with van der Waals surface area (Å²) < 4.78 is 32.7. The van der Waals surface area contributed by atoms with Crippen LogP contribution in [0.1, 0.15) is 174 Å². The van der Waals surface area contributed by atoms with Crippen LogP contribution in [0.15, 0.2) is 48.6 Å². The Morgan fingerprint density at radius 3 is 1.52 bits per heavy atom. The summed E-state index contributed by atoms with van der Waals surface area (Å²) in [7, 11) is -4.38. The molecule has 0 aromatic carbocycles. The molecule has 3 N–H and O–H groups in total. The van der Waals surface area contributed by atoms with E-state index in [0.717, 1.165) is 77.0 Å². The predicted molar refractivity (Wildman–Crippen MR) is 215 cm³/mol. The first-order chi connectivity index (χ1) is 25.3. The highest BCUT2D eigenvalue weighted by molar-refractivity contribution is 7.47. The number of nitrogens with two attached hydrogens (primary N) is 1. The Balaban J connectivity index is 4.22. The highest BCUT2D eigenvalue weighted by Crippen LogP contribution is 2.43. The second-order valence-corrected chi connectivity index (χ2v) is 14.9. The van der Waals surface area contributed by atoms with Gasteiger partial charge in [-0.2, -0.15) is 0 Å². The third kappa shape index (κ3) is 37.7. The highest BCUT2D eigenvalue weighted by atomic mass is 31.2. The molecule has 0 aromatic rings. The molecule has 0 aromatic heterocycles. The number of rotatable bonds is 38. The number of allylic oxidation sites excluding steroid dienone is 8. The van der Waals surface area contributed by atoms with Crippen molar-refractivity contribution < 1.29 is 37.6 Å². The second kappa shape index (κ2) is 38.7. The van der Waals surface area contributed by atoms with E-state index in [4.69, 9.17) is 24.3 Å². The van der Waals surface area contributed by atoms with Crippen molar-refractivity contribution in [3.63, 3.8) is 0 Å². The van der Waals surface area contributed by atoms with Crippen LogP contribution in [0.2, 0.25) is 0 Å². The first-order valence-electron chi connectivity index (χ1n) is 20.6. The van der Waals surface area contributed by atoms with Gasteiger partial charge in [-0.25, -0.2) is 4.57 Å². The molecule has 1 unspecified atom stereocenters. The van der Waals surface area contributed by atoms with Crippen LogP contribution in [0, 0.1) is 0 Å². The Hall–Kier alpha value is -2.03. The van der Waals surface area contributed by atoms with E-state index in [2.05, 4.69) is 62.5 Å². The number of ether oxygens (including phenoxy) is 2. The molecule has 0 saturated carbocycles. The lowest BCUT2D eigenvalue weighted by atomic mass is 10.1. The molecule has 0 radical (unpaired) electrons. The van der Waals surface area contributed by atoms with Crippen LogP contribution in [0.5, 0.6) is 0 Å². The molecule has 9 nitrogen and oxygen atoms in total. The molecular weight excluding hydrogens is 677 g/mol. The van der Waals surface area contributed by atoms with Crippen LogP contribution in [-0.4, -0.2) is 49.3 Å². The maximum Gasteiger partial charge on any atom is 0.472 e. The topological polar surface area (TPSA) is 134 Å². The largest absolute Gasteiger partial charge is 0.472 e. The van der Waals surface area contributed by atoms with E-state index in [1.54, 1.807) is 0 Å². The van der Waals surface area contributed by atoms with Gasteiger partial charge < -0.3 is 20.1 Å². The number of hydrogen-bond donors (Lipinski definition) is 2. The molecule has 52 heavy (non-hydrogen) atoms. The van der Waals surface area contributed by atoms with Crippen molar-refractivity contribution >= 4 is 19.8 Å². The van der Waals surface area contributed by atoms with Crippen LogP contribution in [0.3, 0.4) is 0 Å². The predicted octanol–water partition coefficient (Wildman–Crippen LogP) is 11.6. The smallest absolute Gasteiger partial charge is 0.462 e. The summed E-state index contributed by atoms with van der Waals surface area (Å²) in [4.78, 5) is 34.8. The van der Waals surface area contributed by atoms with Crippen molar-refractivity contribution in [2.24, 2.45) is 5.73 Å². The normalized spacial score (nSPS) is 13.8. The van der Waals surface area contributed by atoms with Gasteiger partial charge in [-0.3, -0.25) is 18.6 Å². The molecule has 0 spiro atoms. The summed E-state index contributed by atoms with van der Waals surface area (Å²) in [6.45, 7) is 3.63. The molecule has 0 saturated heterocycles. The molecule has 10 heteroatoms. The van der Waals surface area contributed by atoms with Crippen molar-refractivity contribution in [2.75, 3.05) is 26.4 Å². The van der Waals surface area contributed by atoms with Crippen LogP contribution in [0.25, 0.3) is 0 Å². The number of phosphoric ester groups is 1. The monoisotopic (exact) mass is 754 g/mol. The van der Waals surface area contributed by atoms with Crippen molar-refractivity contribution in [1.29, 1.82) is 0 Å². The second-order valence-electron chi connectivity index (χ2n) is 13.5. The van der Waals surface area contributed by atoms with Gasteiger partial charge in [0.2, 0.25) is 0 Å². The maximum absolute atomic E-state index is 12.6. The van der Waals surface area contributed by atoms with Crippen LogP contribution >= 0.6 is 7.82 Å². The Morgan fingerprint density at radius 1 is 0.577 bits per heavy atom. The van der Waals surface area contributed by atoms with Gasteiger partial charge in [-0.15, -0.1) is 0 Å². The third-order valence-electron chi connectivity index (χ3n) is 8.44. The Kier molecular flexibility index (Phi) is 37.2. The fourth-order valence-electron chi connectivity index (χ4n) is 5.33. The van der Waals surface area contributed by atoms with Crippen molar-refractivity contribution in [3.8, 4) is 0 Å². The fraction of sp³-hybridized carbons (Fsp3) is 0.762. The molecule has 0 amide bonds. The number of carbonyl (C=O) groups is 2. The standard InChI is InChI=1S/C42H76NO8P/c1-3-5-7-9-11-13-15-17-19-20-21-23-25-27-29-31-33-35-42(45)51-40(39-50-52(46,47)49-37-36-43)38-48-41(44)34-32-30-28-26-24-22-18-16-14-12-10-8-6-4-2/h10-13,16-19,40H,3-9,14-15,20-39,43H2,1-2H3,(H,46,47)/b12-10+,13-11+,18-16+,19-17+/t40-/m1/s1. The first kappa shape index (κ1) is 50.0. The fourth-order valence-corrected chi connectivity index (χ4v) is 6.09. The summed E-state index contributed by atoms with van der Waals surface area (Å²) >= 11 is 0. The summed E-state index contributed by atoms with van der Waals surface area (Å²) in [6, 6.07) is 0. The zero-order valence-corrected chi connectivity index (χ0v) is 33.9. The van der Waals surface area contributed by atoms with E-state index in [0.29, 0.717) is 12.8 Å². The molecule has 0 aliphatic heterocycles. The average molecular weight is 754 g/mol. The molecule has 0 fully saturated rings. The molecule has 2 atom stereocenters. The van der Waals surface area contributed by atoms with Crippen LogP contribution in [-0.2, 0) is 32.7 Å². The lowest BCUT2D eigenvalue weighted by Crippen LogP contribution is -2.29. The molecule has 0 aliphatic rings. The molecule has 0 heterocycles. The Labute approximate surface area is 317 Å². The summed E-state index contributed by atoms with van der Waals surface area (Å²) in [5.41, 5.74) is 5.34. The third-order valence-corrected chi connectivity index (χ3v) is 9.42. The lowest BCUT2D eigenvalue weighted by molar-refractivity contribution is -0.161. The number of unbranched alkanes of at least 4 members (excludes halogenated alkanes) is 17. The van der Waals surface area contributed by atoms with Gasteiger partial charge in [0.25, 0.3) is 0 Å². The Bertz CT molecular complexity index is 996. The van der Waals surface area contributed by atoms with Crippen molar-refractivity contribution in [1.82, 2.24) is 0 Å². The van der Waals surface area contributed by atoms with Crippen LogP contribution < -0.4 is 5.73 Å². The van der Waals surface area contributed by atoms with Gasteiger partial charge in [0.15, 0.2) is 6.10 Å². The van der Waals surface area contributed by atoms with Gasteiger partial charge in [0.05, 0.1) is 13.2 Å². The van der Waals surface area contributed by atoms with Crippen molar-refractivity contribution in [2.45, 2.75) is 180 Å². The van der Waals surface area contributed by atoms with Crippen LogP contribution in [0.4, 0.5) is 0 Å². The van der Waals surface area contributed by atoms with E-state index < -0.39 is 32.5 Å². The quantitative estimate of drug-likeness (QED) is 0.0273. The summed E-state index contributed by atoms with van der Waals surface area (Å²) in [5.74, 6) is -0.856. The lowest BCUT2D eigenvalue weighted by Gasteiger charge is -2.19. The first-order valence-corrected chi connectivity index (χ1v) is 22.1. The highest BCUT2D eigenvalue weighted by Gasteiger charge is 2.25. The molecule has 302 valence electrons. The summed E-state index contributed by atoms with van der Waals surface area (Å²) in [5, 5.41) is 0. The van der Waals surface area contributed by atoms with Gasteiger partial charge >= 0.3 is 19.8 Å². The Morgan fingerprint density at radius 2 is 1.02 bits per heavy atom. The molecule has 0 rings (SSSR count). The maximum atomic E-state index is 12.6. The minimum Gasteiger partial charge on any atom is -0.462 e. The van der Waals surface area contributed by atoms with E-state index in [1.165, 1.54) is 57.8 Å². The van der Waals surface area contributed by atoms with Gasteiger partial charge in [-0.05, 0) is 70.6 Å². The van der Waals surface area contributed by atoms with E-state index in [1.807, 2.05) is 0 Å². The van der Waals surface area contributed by atoms with Gasteiger partial charge in [0.1, 0.15) is 6.61 Å². The SMILES string of the molecule is CCCC/C=C/C/C=C/CCCCCCCC(=O)OC[C@H](COP(=O)(O)OCCN)OC(=O)CCCCCCCCC/C=C/C/C=C/CCCCC. The molecule has 0 bridgehead atoms. The zero-order chi connectivity index (χ0) is 38.2. The minimum atomic E-state index is -4.38. The van der Waals surface area contributed by atoms with Crippen molar-refractivity contribution in [3.05, 3.63) is 48.6 Å². The molecule has 0 aliphatic carbocycles. The number of phosphoric acid groups is 1.